The molecule has 2 aromatic heterocycles. The molecular weight excluding hydrogens is 400 g/mol. The van der Waals surface area contributed by atoms with Crippen LogP contribution in [0.5, 0.6) is 0 Å². The molecule has 1 aliphatic rings. The second kappa shape index (κ2) is 6.88. The number of β-amino-alcohol motifs (C(OH)–C–C–N with tert-alkyl or cyclic N) is 1. The zero-order valence-corrected chi connectivity index (χ0v) is 15.0. The zero-order valence-electron chi connectivity index (χ0n) is 15.0. The Balaban J connectivity index is 2.03. The first kappa shape index (κ1) is 20.0. The Morgan fingerprint density at radius 1 is 1.00 bits per heavy atom. The number of pyridine rings is 1. The van der Waals surface area contributed by atoms with Gasteiger partial charge in [-0.05, 0) is 49.7 Å². The molecule has 4 rings (SSSR count). The molecule has 3 heterocycles. The van der Waals surface area contributed by atoms with Crippen LogP contribution in [0.4, 0.5) is 26.3 Å². The quantitative estimate of drug-likeness (QED) is 0.573. The summed E-state index contributed by atoms with van der Waals surface area (Å²) >= 11 is 0. The third kappa shape index (κ3) is 3.55. The summed E-state index contributed by atoms with van der Waals surface area (Å²) < 4.78 is 80.7. The van der Waals surface area contributed by atoms with Crippen LogP contribution in [-0.4, -0.2) is 33.9 Å². The van der Waals surface area contributed by atoms with Gasteiger partial charge in [0.15, 0.2) is 0 Å². The fourth-order valence-corrected chi connectivity index (χ4v) is 3.92. The molecule has 2 N–H and O–H groups in total. The van der Waals surface area contributed by atoms with Crippen LogP contribution in [0, 0.1) is 0 Å². The number of aliphatic hydroxyl groups excluding tert-OH is 1. The SMILES string of the molecule is O[C@H]1CNCCC[C@@H]1n1c2ccc(C(F)(F)F)cc2c2nc(C(F)(F)F)ccc21. The molecule has 156 valence electrons. The van der Waals surface area contributed by atoms with Gasteiger partial charge in [0.05, 0.1) is 34.3 Å². The topological polar surface area (TPSA) is 50.1 Å². The summed E-state index contributed by atoms with van der Waals surface area (Å²) in [5, 5.41) is 13.6. The predicted octanol–water partition coefficient (Wildman–Crippen LogP) is 4.51. The van der Waals surface area contributed by atoms with Crippen molar-refractivity contribution in [1.82, 2.24) is 14.9 Å². The van der Waals surface area contributed by atoms with Crippen molar-refractivity contribution >= 4 is 21.9 Å². The van der Waals surface area contributed by atoms with E-state index in [9.17, 15) is 31.4 Å². The lowest BCUT2D eigenvalue weighted by molar-refractivity contribution is -0.141. The van der Waals surface area contributed by atoms with Crippen LogP contribution in [0.15, 0.2) is 30.3 Å². The van der Waals surface area contributed by atoms with Gasteiger partial charge in [0.2, 0.25) is 0 Å². The molecule has 2 atom stereocenters. The molecule has 4 nitrogen and oxygen atoms in total. The summed E-state index contributed by atoms with van der Waals surface area (Å²) in [4.78, 5) is 3.65. The average Bonchev–Trinajstić information content (AvgIpc) is 2.80. The van der Waals surface area contributed by atoms with Crippen molar-refractivity contribution in [3.8, 4) is 0 Å². The third-order valence-corrected chi connectivity index (χ3v) is 5.25. The van der Waals surface area contributed by atoms with Crippen LogP contribution in [0.25, 0.3) is 21.9 Å². The van der Waals surface area contributed by atoms with Gasteiger partial charge in [-0.15, -0.1) is 0 Å². The molecule has 0 unspecified atom stereocenters. The van der Waals surface area contributed by atoms with E-state index in [0.29, 0.717) is 24.9 Å². The Labute approximate surface area is 161 Å². The molecule has 0 spiro atoms. The number of nitrogens with zero attached hydrogens (tertiary/aromatic N) is 2. The maximum atomic E-state index is 13.2. The van der Waals surface area contributed by atoms with Gasteiger partial charge in [-0.2, -0.15) is 26.3 Å². The van der Waals surface area contributed by atoms with E-state index in [1.807, 2.05) is 0 Å². The number of fused-ring (bicyclic) bond motifs is 3. The van der Waals surface area contributed by atoms with Crippen molar-refractivity contribution in [3.05, 3.63) is 41.6 Å². The summed E-state index contributed by atoms with van der Waals surface area (Å²) in [7, 11) is 0. The smallest absolute Gasteiger partial charge is 0.390 e. The third-order valence-electron chi connectivity index (χ3n) is 5.25. The summed E-state index contributed by atoms with van der Waals surface area (Å²) in [6, 6.07) is 4.47. The highest BCUT2D eigenvalue weighted by Crippen LogP contribution is 2.39. The lowest BCUT2D eigenvalue weighted by Gasteiger charge is -2.24. The first-order chi connectivity index (χ1) is 13.6. The number of hydrogen-bond donors (Lipinski definition) is 2. The second-order valence-electron chi connectivity index (χ2n) is 7.14. The number of aromatic nitrogens is 2. The van der Waals surface area contributed by atoms with Crippen LogP contribution in [0.1, 0.15) is 30.1 Å². The predicted molar refractivity (Wildman–Crippen MR) is 94.4 cm³/mol. The Morgan fingerprint density at radius 3 is 2.41 bits per heavy atom. The van der Waals surface area contributed by atoms with Crippen LogP contribution < -0.4 is 5.32 Å². The Bertz CT molecular complexity index is 985. The molecular formula is C19H17F6N3O. The van der Waals surface area contributed by atoms with Gasteiger partial charge in [-0.25, -0.2) is 4.98 Å². The number of nitrogens with one attached hydrogen (secondary N) is 1. The van der Waals surface area contributed by atoms with E-state index in [0.717, 1.165) is 18.2 Å². The molecule has 1 saturated heterocycles. The fourth-order valence-electron chi connectivity index (χ4n) is 3.92. The standard InChI is InChI=1S/C19H17F6N3O/c20-18(21,22)10-3-4-12-11(8-10)17-14(5-6-16(27-17)19(23,24)25)28(12)13-2-1-7-26-9-15(13)29/h3-6,8,13,15,26,29H,1-2,7,9H2/t13-,15-/m0/s1. The van der Waals surface area contributed by atoms with Gasteiger partial charge in [0.1, 0.15) is 5.69 Å². The number of rotatable bonds is 1. The monoisotopic (exact) mass is 417 g/mol. The van der Waals surface area contributed by atoms with E-state index in [1.54, 1.807) is 4.57 Å². The summed E-state index contributed by atoms with van der Waals surface area (Å²) in [5.41, 5.74) is -1.73. The van der Waals surface area contributed by atoms with Crippen molar-refractivity contribution < 1.29 is 31.4 Å². The van der Waals surface area contributed by atoms with Crippen molar-refractivity contribution in [2.24, 2.45) is 0 Å². The number of aliphatic hydroxyl groups is 1. The first-order valence-electron chi connectivity index (χ1n) is 9.05. The Morgan fingerprint density at radius 2 is 1.72 bits per heavy atom. The minimum Gasteiger partial charge on any atom is -0.390 e. The van der Waals surface area contributed by atoms with Crippen molar-refractivity contribution in [2.75, 3.05) is 13.1 Å². The molecule has 1 aromatic carbocycles. The molecule has 1 fully saturated rings. The van der Waals surface area contributed by atoms with Crippen LogP contribution in [0.3, 0.4) is 0 Å². The number of alkyl halides is 6. The molecule has 3 aromatic rings. The second-order valence-corrected chi connectivity index (χ2v) is 7.14. The molecule has 29 heavy (non-hydrogen) atoms. The lowest BCUT2D eigenvalue weighted by atomic mass is 10.1. The van der Waals surface area contributed by atoms with E-state index in [2.05, 4.69) is 10.3 Å². The summed E-state index contributed by atoms with van der Waals surface area (Å²) in [6.45, 7) is 0.944. The highest BCUT2D eigenvalue weighted by Gasteiger charge is 2.35. The highest BCUT2D eigenvalue weighted by molar-refractivity contribution is 6.06. The average molecular weight is 417 g/mol. The zero-order chi connectivity index (χ0) is 21.0. The lowest BCUT2D eigenvalue weighted by Crippen LogP contribution is -2.31. The van der Waals surface area contributed by atoms with Crippen molar-refractivity contribution in [3.63, 3.8) is 0 Å². The maximum absolute atomic E-state index is 13.2. The summed E-state index contributed by atoms with van der Waals surface area (Å²) in [6.07, 6.45) is -8.99. The van der Waals surface area contributed by atoms with Crippen LogP contribution >= 0.6 is 0 Å². The van der Waals surface area contributed by atoms with Gasteiger partial charge in [-0.3, -0.25) is 0 Å². The Hall–Kier alpha value is -2.33. The first-order valence-corrected chi connectivity index (χ1v) is 9.05. The number of benzene rings is 1. The fraction of sp³-hybridized carbons (Fsp3) is 0.421. The van der Waals surface area contributed by atoms with Crippen LogP contribution in [-0.2, 0) is 12.4 Å². The van der Waals surface area contributed by atoms with E-state index in [4.69, 9.17) is 0 Å². The number of hydrogen-bond acceptors (Lipinski definition) is 3. The largest absolute Gasteiger partial charge is 0.433 e. The number of halogens is 6. The van der Waals surface area contributed by atoms with E-state index < -0.39 is 35.8 Å². The van der Waals surface area contributed by atoms with Crippen LogP contribution in [0.2, 0.25) is 0 Å². The molecule has 0 radical (unpaired) electrons. The molecule has 0 amide bonds. The molecule has 0 saturated carbocycles. The minimum atomic E-state index is -4.73. The van der Waals surface area contributed by atoms with Gasteiger partial charge >= 0.3 is 12.4 Å². The van der Waals surface area contributed by atoms with Gasteiger partial charge < -0.3 is 15.0 Å². The summed E-state index contributed by atoms with van der Waals surface area (Å²) in [5.74, 6) is 0. The van der Waals surface area contributed by atoms with E-state index in [-0.39, 0.29) is 23.0 Å². The molecule has 0 bridgehead atoms. The van der Waals surface area contributed by atoms with Gasteiger partial charge in [0.25, 0.3) is 0 Å². The molecule has 10 heteroatoms. The van der Waals surface area contributed by atoms with Gasteiger partial charge in [0, 0.05) is 11.9 Å². The Kier molecular flexibility index (Phi) is 4.73. The minimum absolute atomic E-state index is 0.0228. The van der Waals surface area contributed by atoms with E-state index in [1.165, 1.54) is 12.1 Å². The molecule has 1 aliphatic heterocycles. The van der Waals surface area contributed by atoms with E-state index >= 15 is 0 Å². The highest BCUT2D eigenvalue weighted by atomic mass is 19.4. The van der Waals surface area contributed by atoms with Gasteiger partial charge in [-0.1, -0.05) is 0 Å². The molecule has 0 aliphatic carbocycles. The van der Waals surface area contributed by atoms with Crippen molar-refractivity contribution in [1.29, 1.82) is 0 Å². The normalized spacial score (nSPS) is 21.6. The van der Waals surface area contributed by atoms with Crippen molar-refractivity contribution in [2.45, 2.75) is 37.3 Å². The maximum Gasteiger partial charge on any atom is 0.433 e.